The van der Waals surface area contributed by atoms with Gasteiger partial charge in [0.1, 0.15) is 16.9 Å². The Morgan fingerprint density at radius 2 is 2.09 bits per heavy atom. The molecule has 0 unspecified atom stereocenters. The Morgan fingerprint density at radius 1 is 1.39 bits per heavy atom. The number of aromatic carboxylic acids is 1. The first-order chi connectivity index (χ1) is 10.9. The highest BCUT2D eigenvalue weighted by molar-refractivity contribution is 7.80. The van der Waals surface area contributed by atoms with E-state index in [9.17, 15) is 19.5 Å². The van der Waals surface area contributed by atoms with Gasteiger partial charge in [-0.3, -0.25) is 19.8 Å². The lowest BCUT2D eigenvalue weighted by molar-refractivity contribution is -0.128. The number of benzene rings is 1. The number of carboxylic acids is 1. The van der Waals surface area contributed by atoms with Crippen molar-refractivity contribution in [3.05, 3.63) is 47.6 Å². The lowest BCUT2D eigenvalue weighted by Crippen LogP contribution is -2.53. The van der Waals surface area contributed by atoms with Crippen molar-refractivity contribution in [3.63, 3.8) is 0 Å². The SMILES string of the molecule is C=CCN1C(=O)/C(=C/c2cccc(C(=O)O)c2O)C(=O)NC1=S. The zero-order valence-electron chi connectivity index (χ0n) is 11.8. The lowest BCUT2D eigenvalue weighted by Gasteiger charge is -2.27. The summed E-state index contributed by atoms with van der Waals surface area (Å²) >= 11 is 4.92. The van der Waals surface area contributed by atoms with Gasteiger partial charge in [-0.1, -0.05) is 18.2 Å². The molecule has 1 aromatic carbocycles. The van der Waals surface area contributed by atoms with Crippen LogP contribution < -0.4 is 5.32 Å². The van der Waals surface area contributed by atoms with Crippen LogP contribution in [0.2, 0.25) is 0 Å². The van der Waals surface area contributed by atoms with Gasteiger partial charge in [-0.15, -0.1) is 6.58 Å². The molecule has 2 amide bonds. The van der Waals surface area contributed by atoms with Gasteiger partial charge in [0.2, 0.25) is 0 Å². The van der Waals surface area contributed by atoms with Crippen LogP contribution in [0.3, 0.4) is 0 Å². The maximum absolute atomic E-state index is 12.3. The first kappa shape index (κ1) is 16.4. The van der Waals surface area contributed by atoms with E-state index in [1.165, 1.54) is 24.3 Å². The standard InChI is InChI=1S/C15H12N2O5S/c1-2-6-17-13(20)10(12(19)16-15(17)23)7-8-4-3-5-9(11(8)18)14(21)22/h2-5,7,18H,1,6H2,(H,21,22)(H,16,19,23)/b10-7+. The molecule has 0 spiro atoms. The number of hydrogen-bond donors (Lipinski definition) is 3. The van der Waals surface area contributed by atoms with Crippen LogP contribution in [0.4, 0.5) is 0 Å². The van der Waals surface area contributed by atoms with Gasteiger partial charge >= 0.3 is 5.97 Å². The largest absolute Gasteiger partial charge is 0.506 e. The summed E-state index contributed by atoms with van der Waals surface area (Å²) in [4.78, 5) is 36.4. The Kier molecular flexibility index (Phi) is 4.56. The number of para-hydroxylation sites is 1. The molecule has 0 atom stereocenters. The Bertz CT molecular complexity index is 769. The van der Waals surface area contributed by atoms with E-state index in [-0.39, 0.29) is 28.4 Å². The summed E-state index contributed by atoms with van der Waals surface area (Å²) in [6.07, 6.45) is 2.57. The number of rotatable bonds is 4. The average Bonchev–Trinajstić information content (AvgIpc) is 2.49. The van der Waals surface area contributed by atoms with Crippen LogP contribution in [0.15, 0.2) is 36.4 Å². The van der Waals surface area contributed by atoms with E-state index in [1.54, 1.807) is 0 Å². The minimum absolute atomic E-state index is 0.0368. The van der Waals surface area contributed by atoms with Gasteiger partial charge in [-0.2, -0.15) is 0 Å². The number of aromatic hydroxyl groups is 1. The van der Waals surface area contributed by atoms with E-state index in [4.69, 9.17) is 17.3 Å². The molecule has 7 nitrogen and oxygen atoms in total. The summed E-state index contributed by atoms with van der Waals surface area (Å²) in [6.45, 7) is 3.61. The van der Waals surface area contributed by atoms with Crippen LogP contribution >= 0.6 is 12.2 Å². The Morgan fingerprint density at radius 3 is 2.70 bits per heavy atom. The molecule has 1 saturated heterocycles. The van der Waals surface area contributed by atoms with Gasteiger partial charge in [0.25, 0.3) is 11.8 Å². The highest BCUT2D eigenvalue weighted by Gasteiger charge is 2.32. The first-order valence-corrected chi connectivity index (χ1v) is 6.82. The molecule has 1 aliphatic rings. The van der Waals surface area contributed by atoms with Crippen LogP contribution in [-0.2, 0) is 9.59 Å². The number of nitrogens with one attached hydrogen (secondary N) is 1. The van der Waals surface area contributed by atoms with Crippen LogP contribution in [0.25, 0.3) is 6.08 Å². The number of nitrogens with zero attached hydrogens (tertiary/aromatic N) is 1. The summed E-state index contributed by atoms with van der Waals surface area (Å²) in [7, 11) is 0. The van der Waals surface area contributed by atoms with Crippen molar-refractivity contribution >= 4 is 41.2 Å². The van der Waals surface area contributed by atoms with E-state index in [1.807, 2.05) is 0 Å². The second-order valence-electron chi connectivity index (χ2n) is 4.57. The fraction of sp³-hybridized carbons (Fsp3) is 0.0667. The summed E-state index contributed by atoms with van der Waals surface area (Å²) in [5, 5.41) is 21.3. The lowest BCUT2D eigenvalue weighted by atomic mass is 10.0. The third kappa shape index (κ3) is 3.11. The van der Waals surface area contributed by atoms with E-state index in [0.29, 0.717) is 0 Å². The van der Waals surface area contributed by atoms with E-state index < -0.39 is 23.5 Å². The van der Waals surface area contributed by atoms with Crippen molar-refractivity contribution in [2.75, 3.05) is 6.54 Å². The number of hydrogen-bond acceptors (Lipinski definition) is 5. The van der Waals surface area contributed by atoms with Crippen molar-refractivity contribution < 1.29 is 24.6 Å². The van der Waals surface area contributed by atoms with Crippen molar-refractivity contribution in [3.8, 4) is 5.75 Å². The average molecular weight is 332 g/mol. The molecule has 1 aromatic rings. The van der Waals surface area contributed by atoms with Crippen molar-refractivity contribution in [2.24, 2.45) is 0 Å². The maximum atomic E-state index is 12.3. The van der Waals surface area contributed by atoms with Gasteiger partial charge in [0, 0.05) is 12.1 Å². The zero-order valence-corrected chi connectivity index (χ0v) is 12.6. The summed E-state index contributed by atoms with van der Waals surface area (Å²) in [5.74, 6) is -3.23. The second kappa shape index (κ2) is 6.41. The smallest absolute Gasteiger partial charge is 0.339 e. The summed E-state index contributed by atoms with van der Waals surface area (Å²) in [6, 6.07) is 3.99. The minimum Gasteiger partial charge on any atom is -0.506 e. The molecule has 1 aliphatic heterocycles. The van der Waals surface area contributed by atoms with Gasteiger partial charge < -0.3 is 10.2 Å². The fourth-order valence-corrected chi connectivity index (χ4v) is 2.24. The molecule has 2 rings (SSSR count). The van der Waals surface area contributed by atoms with Crippen LogP contribution in [0.5, 0.6) is 5.75 Å². The second-order valence-corrected chi connectivity index (χ2v) is 4.96. The molecule has 23 heavy (non-hydrogen) atoms. The summed E-state index contributed by atoms with van der Waals surface area (Å²) < 4.78 is 0. The van der Waals surface area contributed by atoms with Crippen LogP contribution in [0.1, 0.15) is 15.9 Å². The molecule has 0 radical (unpaired) electrons. The highest BCUT2D eigenvalue weighted by atomic mass is 32.1. The normalized spacial score (nSPS) is 16.4. The molecule has 0 aromatic heterocycles. The number of amides is 2. The zero-order chi connectivity index (χ0) is 17.1. The van der Waals surface area contributed by atoms with E-state index in [0.717, 1.165) is 11.0 Å². The van der Waals surface area contributed by atoms with Crippen molar-refractivity contribution in [1.29, 1.82) is 0 Å². The molecule has 1 heterocycles. The van der Waals surface area contributed by atoms with Gasteiger partial charge in [0.05, 0.1) is 0 Å². The maximum Gasteiger partial charge on any atom is 0.339 e. The third-order valence-corrected chi connectivity index (χ3v) is 3.42. The molecule has 3 N–H and O–H groups in total. The fourth-order valence-electron chi connectivity index (χ4n) is 1.99. The van der Waals surface area contributed by atoms with E-state index in [2.05, 4.69) is 11.9 Å². The topological polar surface area (TPSA) is 107 Å². The van der Waals surface area contributed by atoms with Crippen LogP contribution in [-0.4, -0.2) is 44.6 Å². The molecule has 0 aliphatic carbocycles. The van der Waals surface area contributed by atoms with Gasteiger partial charge in [-0.05, 0) is 24.4 Å². The van der Waals surface area contributed by atoms with Crippen LogP contribution in [0, 0.1) is 0 Å². The summed E-state index contributed by atoms with van der Waals surface area (Å²) in [5.41, 5.74) is -0.561. The van der Waals surface area contributed by atoms with Gasteiger partial charge in [-0.25, -0.2) is 4.79 Å². The molecular formula is C15H12N2O5S. The monoisotopic (exact) mass is 332 g/mol. The number of carbonyl (C=O) groups excluding carboxylic acids is 2. The Hall–Kier alpha value is -3.00. The van der Waals surface area contributed by atoms with Crippen molar-refractivity contribution in [1.82, 2.24) is 10.2 Å². The molecular weight excluding hydrogens is 320 g/mol. The molecule has 1 fully saturated rings. The van der Waals surface area contributed by atoms with Gasteiger partial charge in [0.15, 0.2) is 5.11 Å². The quantitative estimate of drug-likeness (QED) is 0.327. The number of carbonyl (C=O) groups is 3. The number of thiocarbonyl (C=S) groups is 1. The molecule has 118 valence electrons. The predicted molar refractivity (Wildman–Crippen MR) is 85.7 cm³/mol. The minimum atomic E-state index is -1.32. The van der Waals surface area contributed by atoms with Crippen molar-refractivity contribution in [2.45, 2.75) is 0 Å². The molecule has 0 bridgehead atoms. The molecule has 8 heteroatoms. The first-order valence-electron chi connectivity index (χ1n) is 6.42. The predicted octanol–water partition coefficient (Wildman–Crippen LogP) is 0.903. The number of carboxylic acid groups (broad SMARTS) is 1. The molecule has 0 saturated carbocycles. The highest BCUT2D eigenvalue weighted by Crippen LogP contribution is 2.26. The number of phenols is 1. The Labute approximate surface area is 136 Å². The third-order valence-electron chi connectivity index (χ3n) is 3.09. The Balaban J connectivity index is 2.49. The van der Waals surface area contributed by atoms with E-state index >= 15 is 0 Å².